The first-order valence-corrected chi connectivity index (χ1v) is 12.1. The van der Waals surface area contributed by atoms with E-state index in [1.165, 1.54) is 18.4 Å². The molecule has 1 aliphatic heterocycles. The van der Waals surface area contributed by atoms with E-state index in [1.807, 2.05) is 6.07 Å². The summed E-state index contributed by atoms with van der Waals surface area (Å²) in [4.78, 5) is 14.9. The van der Waals surface area contributed by atoms with Crippen molar-refractivity contribution in [2.24, 2.45) is 0 Å². The van der Waals surface area contributed by atoms with Gasteiger partial charge in [-0.15, -0.1) is 11.8 Å². The number of carbonyl (C=O) groups is 1. The Morgan fingerprint density at radius 3 is 2.81 bits per heavy atom. The summed E-state index contributed by atoms with van der Waals surface area (Å²) in [6, 6.07) is 10.9. The van der Waals surface area contributed by atoms with E-state index >= 15 is 0 Å². The molecule has 5 nitrogen and oxygen atoms in total. The summed E-state index contributed by atoms with van der Waals surface area (Å²) in [5.41, 5.74) is 1.95. The molecule has 0 aliphatic carbocycles. The number of hydrogen-bond acceptors (Lipinski definition) is 6. The lowest BCUT2D eigenvalue weighted by Gasteiger charge is -2.28. The molecule has 31 heavy (non-hydrogen) atoms. The summed E-state index contributed by atoms with van der Waals surface area (Å²) in [5.74, 6) is 0.143. The largest absolute Gasteiger partial charge is 0.478 e. The number of aliphatic carboxylic acids is 1. The van der Waals surface area contributed by atoms with Gasteiger partial charge in [0.25, 0.3) is 0 Å². The number of unbranched alkanes of at least 4 members (excludes halogenated alkanes) is 1. The van der Waals surface area contributed by atoms with Gasteiger partial charge in [0.15, 0.2) is 0 Å². The molecule has 2 aromatic rings. The van der Waals surface area contributed by atoms with Crippen LogP contribution >= 0.6 is 23.7 Å². The molecule has 0 radical (unpaired) electrons. The molecule has 3 rings (SSSR count). The molecule has 0 saturated carbocycles. The van der Waals surface area contributed by atoms with Crippen LogP contribution in [0, 0.1) is 5.82 Å². The Morgan fingerprint density at radius 2 is 2.13 bits per heavy atom. The van der Waals surface area contributed by atoms with Crippen molar-refractivity contribution in [2.45, 2.75) is 48.9 Å². The SMILES string of the molecule is CCCCC1CN(c2ccc(F)cc2)c2cc(SCC)c(O/C=C/C(=O)O)cc2SN1. The number of thioether (sulfide) groups is 1. The molecular weight excluding hydrogens is 435 g/mol. The zero-order valence-electron chi connectivity index (χ0n) is 17.6. The molecule has 1 unspecified atom stereocenters. The highest BCUT2D eigenvalue weighted by molar-refractivity contribution is 7.99. The Labute approximate surface area is 191 Å². The molecule has 166 valence electrons. The number of hydrogen-bond donors (Lipinski definition) is 2. The Morgan fingerprint density at radius 1 is 1.35 bits per heavy atom. The second kappa shape index (κ2) is 11.5. The molecular formula is C23H27FN2O3S2. The number of ether oxygens (including phenoxy) is 1. The highest BCUT2D eigenvalue weighted by Gasteiger charge is 2.25. The van der Waals surface area contributed by atoms with E-state index in [1.54, 1.807) is 35.8 Å². The van der Waals surface area contributed by atoms with Gasteiger partial charge in [-0.2, -0.15) is 0 Å². The number of benzene rings is 2. The number of rotatable bonds is 9. The molecule has 2 aromatic carbocycles. The fraction of sp³-hybridized carbons (Fsp3) is 0.348. The molecule has 1 aliphatic rings. The van der Waals surface area contributed by atoms with Crippen LogP contribution in [-0.2, 0) is 4.79 Å². The van der Waals surface area contributed by atoms with E-state index in [2.05, 4.69) is 29.5 Å². The molecule has 2 N–H and O–H groups in total. The molecule has 0 saturated heterocycles. The number of halogens is 1. The van der Waals surface area contributed by atoms with E-state index in [4.69, 9.17) is 9.84 Å². The standard InChI is InChI=1S/C23H27FN2O3S2/c1-3-5-6-17-15-26(18-9-7-16(24)8-10-18)19-13-22(30-4-2)20(14-21(19)31-25-17)29-12-11-23(27)28/h7-14,17,25H,3-6,15H2,1-2H3,(H,27,28)/b12-11+. The summed E-state index contributed by atoms with van der Waals surface area (Å²) < 4.78 is 22.8. The summed E-state index contributed by atoms with van der Waals surface area (Å²) >= 11 is 3.19. The lowest BCUT2D eigenvalue weighted by Crippen LogP contribution is -2.34. The zero-order valence-corrected chi connectivity index (χ0v) is 19.3. The molecule has 0 fully saturated rings. The smallest absolute Gasteiger partial charge is 0.331 e. The number of carboxylic acids is 1. The third kappa shape index (κ3) is 6.41. The number of carboxylic acid groups (broad SMARTS) is 1. The van der Waals surface area contributed by atoms with Crippen LogP contribution < -0.4 is 14.4 Å². The van der Waals surface area contributed by atoms with Crippen LogP contribution in [0.15, 0.2) is 58.5 Å². The average molecular weight is 463 g/mol. The predicted octanol–water partition coefficient (Wildman–Crippen LogP) is 6.22. The van der Waals surface area contributed by atoms with Gasteiger partial charge in [-0.05, 0) is 60.5 Å². The Balaban J connectivity index is 2.02. The van der Waals surface area contributed by atoms with E-state index in [9.17, 15) is 9.18 Å². The van der Waals surface area contributed by atoms with Crippen LogP contribution in [0.5, 0.6) is 5.75 Å². The monoisotopic (exact) mass is 462 g/mol. The first-order chi connectivity index (χ1) is 15.0. The third-order valence-electron chi connectivity index (χ3n) is 4.80. The Hall–Kier alpha value is -2.16. The van der Waals surface area contributed by atoms with Crippen molar-refractivity contribution in [1.82, 2.24) is 4.72 Å². The van der Waals surface area contributed by atoms with Crippen molar-refractivity contribution in [3.63, 3.8) is 0 Å². The van der Waals surface area contributed by atoms with Gasteiger partial charge in [0, 0.05) is 18.3 Å². The topological polar surface area (TPSA) is 61.8 Å². The van der Waals surface area contributed by atoms with E-state index in [-0.39, 0.29) is 11.9 Å². The number of nitrogens with zero attached hydrogens (tertiary/aromatic N) is 1. The molecule has 0 spiro atoms. The highest BCUT2D eigenvalue weighted by Crippen LogP contribution is 2.43. The fourth-order valence-electron chi connectivity index (χ4n) is 3.32. The maximum Gasteiger partial charge on any atom is 0.331 e. The number of fused-ring (bicyclic) bond motifs is 1. The van der Waals surface area contributed by atoms with Crippen LogP contribution in [0.3, 0.4) is 0 Å². The van der Waals surface area contributed by atoms with Gasteiger partial charge in [-0.3, -0.25) is 4.72 Å². The fourth-order valence-corrected chi connectivity index (χ4v) is 5.00. The maximum atomic E-state index is 13.6. The van der Waals surface area contributed by atoms with Gasteiger partial charge >= 0.3 is 5.97 Å². The molecule has 8 heteroatoms. The molecule has 1 heterocycles. The van der Waals surface area contributed by atoms with Gasteiger partial charge in [-0.1, -0.05) is 26.7 Å². The molecule has 1 atom stereocenters. The van der Waals surface area contributed by atoms with E-state index in [0.717, 1.165) is 58.8 Å². The summed E-state index contributed by atoms with van der Waals surface area (Å²) in [5, 5.41) is 8.85. The van der Waals surface area contributed by atoms with Crippen LogP contribution in [0.2, 0.25) is 0 Å². The second-order valence-electron chi connectivity index (χ2n) is 7.10. The second-order valence-corrected chi connectivity index (χ2v) is 9.29. The quantitative estimate of drug-likeness (QED) is 0.198. The lowest BCUT2D eigenvalue weighted by molar-refractivity contribution is -0.131. The normalized spacial score (nSPS) is 16.2. The summed E-state index contributed by atoms with van der Waals surface area (Å²) in [6.45, 7) is 5.00. The van der Waals surface area contributed by atoms with Gasteiger partial charge in [0.05, 0.1) is 27.8 Å². The van der Waals surface area contributed by atoms with E-state index in [0.29, 0.717) is 5.75 Å². The van der Waals surface area contributed by atoms with Gasteiger partial charge in [0.2, 0.25) is 0 Å². The first kappa shape index (κ1) is 23.5. The molecule has 0 aromatic heterocycles. The van der Waals surface area contributed by atoms with E-state index < -0.39 is 5.97 Å². The van der Waals surface area contributed by atoms with Crippen molar-refractivity contribution in [1.29, 1.82) is 0 Å². The van der Waals surface area contributed by atoms with Gasteiger partial charge in [-0.25, -0.2) is 9.18 Å². The van der Waals surface area contributed by atoms with Gasteiger partial charge < -0.3 is 14.7 Å². The third-order valence-corrected chi connectivity index (χ3v) is 6.72. The lowest BCUT2D eigenvalue weighted by atomic mass is 10.1. The predicted molar refractivity (Wildman–Crippen MR) is 126 cm³/mol. The van der Waals surface area contributed by atoms with Crippen LogP contribution in [-0.4, -0.2) is 29.4 Å². The highest BCUT2D eigenvalue weighted by atomic mass is 32.2. The van der Waals surface area contributed by atoms with Gasteiger partial charge in [0.1, 0.15) is 11.6 Å². The van der Waals surface area contributed by atoms with Crippen molar-refractivity contribution in [2.75, 3.05) is 17.2 Å². The number of anilines is 2. The summed E-state index contributed by atoms with van der Waals surface area (Å²) in [6.07, 6.45) is 5.45. The van der Waals surface area contributed by atoms with Crippen molar-refractivity contribution < 1.29 is 19.0 Å². The minimum Gasteiger partial charge on any atom is -0.478 e. The maximum absolute atomic E-state index is 13.6. The zero-order chi connectivity index (χ0) is 22.2. The molecule has 0 amide bonds. The first-order valence-electron chi connectivity index (χ1n) is 10.3. The molecule has 0 bridgehead atoms. The minimum atomic E-state index is -1.06. The number of nitrogens with one attached hydrogen (secondary N) is 1. The Bertz CT molecular complexity index is 922. The minimum absolute atomic E-state index is 0.259. The van der Waals surface area contributed by atoms with Crippen LogP contribution in [0.1, 0.15) is 33.1 Å². The van der Waals surface area contributed by atoms with Crippen molar-refractivity contribution >= 4 is 41.1 Å². The average Bonchev–Trinajstić information content (AvgIpc) is 2.92. The van der Waals surface area contributed by atoms with Crippen molar-refractivity contribution in [3.8, 4) is 5.75 Å². The Kier molecular flexibility index (Phi) is 8.69. The summed E-state index contributed by atoms with van der Waals surface area (Å²) in [7, 11) is 0. The van der Waals surface area contributed by atoms with Crippen LogP contribution in [0.4, 0.5) is 15.8 Å². The van der Waals surface area contributed by atoms with Crippen molar-refractivity contribution in [3.05, 3.63) is 54.6 Å². The van der Waals surface area contributed by atoms with Crippen LogP contribution in [0.25, 0.3) is 0 Å².